The van der Waals surface area contributed by atoms with Crippen LogP contribution < -0.4 is 0 Å². The van der Waals surface area contributed by atoms with Gasteiger partial charge in [-0.2, -0.15) is 0 Å². The van der Waals surface area contributed by atoms with Gasteiger partial charge in [-0.1, -0.05) is 53.0 Å². The minimum Gasteiger partial charge on any atom is -0.462 e. The Kier molecular flexibility index (Phi) is 4.50. The number of carbonyl (C=O) groups is 1. The summed E-state index contributed by atoms with van der Waals surface area (Å²) >= 11 is 16.7. The van der Waals surface area contributed by atoms with E-state index in [9.17, 15) is 4.79 Å². The number of para-hydroxylation sites is 1. The van der Waals surface area contributed by atoms with Gasteiger partial charge in [0.15, 0.2) is 3.79 Å². The van der Waals surface area contributed by atoms with Gasteiger partial charge in [0.05, 0.1) is 17.7 Å². The lowest BCUT2D eigenvalue weighted by atomic mass is 10.1. The molecule has 1 aromatic heterocycles. The van der Waals surface area contributed by atoms with Gasteiger partial charge in [-0.3, -0.25) is 4.98 Å². The number of ether oxygens (including phenoxy) is 1. The Balaban J connectivity index is 2.05. The Bertz CT molecular complexity index is 596. The van der Waals surface area contributed by atoms with Crippen LogP contribution in [-0.4, -0.2) is 21.4 Å². The lowest BCUT2D eigenvalue weighted by molar-refractivity contribution is 0.0501. The predicted octanol–water partition coefficient (Wildman–Crippen LogP) is 4.15. The van der Waals surface area contributed by atoms with Crippen LogP contribution in [0.4, 0.5) is 0 Å². The number of fused-ring (bicyclic) bond motifs is 1. The molecular formula is C13H10Cl3NO2. The molecule has 2 aromatic rings. The van der Waals surface area contributed by atoms with E-state index < -0.39 is 9.76 Å². The first-order chi connectivity index (χ1) is 8.96. The van der Waals surface area contributed by atoms with Crippen LogP contribution in [0, 0.1) is 0 Å². The van der Waals surface area contributed by atoms with Crippen LogP contribution in [0.25, 0.3) is 10.9 Å². The molecule has 0 aliphatic heterocycles. The molecule has 0 saturated heterocycles. The van der Waals surface area contributed by atoms with E-state index in [1.165, 1.54) is 6.20 Å². The summed E-state index contributed by atoms with van der Waals surface area (Å²) < 4.78 is 3.61. The van der Waals surface area contributed by atoms with Gasteiger partial charge in [-0.15, -0.1) is 0 Å². The molecular weight excluding hydrogens is 309 g/mol. The molecule has 0 radical (unpaired) electrons. The van der Waals surface area contributed by atoms with Crippen molar-refractivity contribution in [3.8, 4) is 0 Å². The molecule has 0 saturated carbocycles. The van der Waals surface area contributed by atoms with E-state index in [4.69, 9.17) is 39.5 Å². The average molecular weight is 319 g/mol. The standard InChI is InChI=1S/C13H10Cl3NO2/c14-13(15,16)5-6-19-12(18)10-7-9-3-1-2-4-11(9)17-8-10/h1-4,7-8H,5-6H2. The van der Waals surface area contributed by atoms with Crippen molar-refractivity contribution in [2.75, 3.05) is 6.61 Å². The third-order valence-corrected chi connectivity index (χ3v) is 3.01. The number of pyridine rings is 1. The zero-order chi connectivity index (χ0) is 13.9. The highest BCUT2D eigenvalue weighted by atomic mass is 35.6. The number of nitrogens with zero attached hydrogens (tertiary/aromatic N) is 1. The fraction of sp³-hybridized carbons (Fsp3) is 0.231. The van der Waals surface area contributed by atoms with E-state index in [1.54, 1.807) is 6.07 Å². The van der Waals surface area contributed by atoms with E-state index in [1.807, 2.05) is 24.3 Å². The summed E-state index contributed by atoms with van der Waals surface area (Å²) in [5, 5.41) is 0.873. The first kappa shape index (κ1) is 14.4. The van der Waals surface area contributed by atoms with Crippen LogP contribution in [0.2, 0.25) is 0 Å². The molecule has 3 nitrogen and oxygen atoms in total. The van der Waals surface area contributed by atoms with Crippen molar-refractivity contribution in [2.24, 2.45) is 0 Å². The van der Waals surface area contributed by atoms with Crippen molar-refractivity contribution in [1.82, 2.24) is 4.98 Å². The lowest BCUT2D eigenvalue weighted by Gasteiger charge is -2.10. The van der Waals surface area contributed by atoms with E-state index in [-0.39, 0.29) is 13.0 Å². The van der Waals surface area contributed by atoms with Gasteiger partial charge in [0.1, 0.15) is 0 Å². The van der Waals surface area contributed by atoms with Gasteiger partial charge in [0.25, 0.3) is 0 Å². The predicted molar refractivity (Wildman–Crippen MR) is 76.9 cm³/mol. The zero-order valence-electron chi connectivity index (χ0n) is 9.78. The number of alkyl halides is 3. The van der Waals surface area contributed by atoms with Gasteiger partial charge >= 0.3 is 5.97 Å². The lowest BCUT2D eigenvalue weighted by Crippen LogP contribution is -2.12. The summed E-state index contributed by atoms with van der Waals surface area (Å²) in [5.74, 6) is -0.479. The number of hydrogen-bond donors (Lipinski definition) is 0. The fourth-order valence-corrected chi connectivity index (χ4v) is 1.76. The molecule has 0 N–H and O–H groups in total. The van der Waals surface area contributed by atoms with Gasteiger partial charge in [0.2, 0.25) is 0 Å². The van der Waals surface area contributed by atoms with Crippen LogP contribution in [0.15, 0.2) is 36.5 Å². The van der Waals surface area contributed by atoms with Gasteiger partial charge < -0.3 is 4.74 Å². The maximum atomic E-state index is 11.8. The van der Waals surface area contributed by atoms with Gasteiger partial charge in [-0.05, 0) is 12.1 Å². The molecule has 0 aliphatic carbocycles. The Morgan fingerprint density at radius 3 is 2.74 bits per heavy atom. The topological polar surface area (TPSA) is 39.2 Å². The molecule has 0 aliphatic rings. The van der Waals surface area contributed by atoms with Crippen molar-refractivity contribution in [2.45, 2.75) is 10.2 Å². The summed E-state index contributed by atoms with van der Waals surface area (Å²) in [7, 11) is 0. The fourth-order valence-electron chi connectivity index (χ4n) is 1.53. The van der Waals surface area contributed by atoms with Crippen molar-refractivity contribution >= 4 is 51.7 Å². The minimum atomic E-state index is -1.41. The molecule has 0 unspecified atom stereocenters. The SMILES string of the molecule is O=C(OCCC(Cl)(Cl)Cl)c1cnc2ccccc2c1. The molecule has 0 spiro atoms. The first-order valence-electron chi connectivity index (χ1n) is 5.54. The Labute approximate surface area is 125 Å². The minimum absolute atomic E-state index is 0.0438. The second-order valence-corrected chi connectivity index (χ2v) is 6.43. The van der Waals surface area contributed by atoms with Crippen molar-refractivity contribution in [3.05, 3.63) is 42.1 Å². The molecule has 2 rings (SSSR count). The highest BCUT2D eigenvalue weighted by molar-refractivity contribution is 6.67. The highest BCUT2D eigenvalue weighted by Gasteiger charge is 2.20. The van der Waals surface area contributed by atoms with Crippen LogP contribution in [0.5, 0.6) is 0 Å². The number of benzene rings is 1. The maximum absolute atomic E-state index is 11.8. The number of carbonyl (C=O) groups excluding carboxylic acids is 1. The smallest absolute Gasteiger partial charge is 0.339 e. The third-order valence-electron chi connectivity index (χ3n) is 2.44. The number of aromatic nitrogens is 1. The molecule has 1 heterocycles. The van der Waals surface area contributed by atoms with E-state index in [0.717, 1.165) is 10.9 Å². The van der Waals surface area contributed by atoms with Crippen LogP contribution in [0.1, 0.15) is 16.8 Å². The summed E-state index contributed by atoms with van der Waals surface area (Å²) in [6.45, 7) is 0.0438. The largest absolute Gasteiger partial charge is 0.462 e. The molecule has 100 valence electrons. The van der Waals surface area contributed by atoms with Crippen molar-refractivity contribution in [1.29, 1.82) is 0 Å². The Morgan fingerprint density at radius 1 is 1.26 bits per heavy atom. The van der Waals surface area contributed by atoms with E-state index in [0.29, 0.717) is 5.56 Å². The number of rotatable bonds is 3. The summed E-state index contributed by atoms with van der Waals surface area (Å²) in [6, 6.07) is 9.23. The molecule has 0 amide bonds. The Morgan fingerprint density at radius 2 is 2.00 bits per heavy atom. The summed E-state index contributed by atoms with van der Waals surface area (Å²) in [4.78, 5) is 16.0. The Hall–Kier alpha value is -1.03. The van der Waals surface area contributed by atoms with Crippen LogP contribution >= 0.6 is 34.8 Å². The van der Waals surface area contributed by atoms with Crippen LogP contribution in [-0.2, 0) is 4.74 Å². The monoisotopic (exact) mass is 317 g/mol. The second-order valence-electron chi connectivity index (χ2n) is 3.92. The summed E-state index contributed by atoms with van der Waals surface area (Å²) in [6.07, 6.45) is 1.62. The van der Waals surface area contributed by atoms with Crippen LogP contribution in [0.3, 0.4) is 0 Å². The van der Waals surface area contributed by atoms with Crippen molar-refractivity contribution < 1.29 is 9.53 Å². The maximum Gasteiger partial charge on any atom is 0.339 e. The molecule has 0 bridgehead atoms. The molecule has 19 heavy (non-hydrogen) atoms. The molecule has 6 heteroatoms. The number of hydrogen-bond acceptors (Lipinski definition) is 3. The first-order valence-corrected chi connectivity index (χ1v) is 6.68. The number of halogens is 3. The third kappa shape index (κ3) is 4.23. The zero-order valence-corrected chi connectivity index (χ0v) is 12.0. The van der Waals surface area contributed by atoms with Crippen molar-refractivity contribution in [3.63, 3.8) is 0 Å². The molecule has 0 fully saturated rings. The average Bonchev–Trinajstić information content (AvgIpc) is 2.36. The van der Waals surface area contributed by atoms with E-state index in [2.05, 4.69) is 4.98 Å². The number of esters is 1. The molecule has 0 atom stereocenters. The second kappa shape index (κ2) is 5.95. The van der Waals surface area contributed by atoms with E-state index >= 15 is 0 Å². The quantitative estimate of drug-likeness (QED) is 0.630. The summed E-state index contributed by atoms with van der Waals surface area (Å²) in [5.41, 5.74) is 1.20. The highest BCUT2D eigenvalue weighted by Crippen LogP contribution is 2.29. The normalized spacial score (nSPS) is 11.5. The molecule has 1 aromatic carbocycles. The van der Waals surface area contributed by atoms with Gasteiger partial charge in [-0.25, -0.2) is 4.79 Å². The van der Waals surface area contributed by atoms with Gasteiger partial charge in [0, 0.05) is 18.0 Å².